The van der Waals surface area contributed by atoms with Crippen molar-refractivity contribution in [3.8, 4) is 10.6 Å². The van der Waals surface area contributed by atoms with Crippen LogP contribution in [0.4, 0.5) is 0 Å². The summed E-state index contributed by atoms with van der Waals surface area (Å²) in [6, 6.07) is 7.79. The van der Waals surface area contributed by atoms with Gasteiger partial charge in [-0.1, -0.05) is 17.7 Å². The Balaban J connectivity index is 2.19. The lowest BCUT2D eigenvalue weighted by molar-refractivity contribution is -0.128. The number of rotatable bonds is 3. The van der Waals surface area contributed by atoms with Gasteiger partial charge in [-0.05, 0) is 30.7 Å². The zero-order chi connectivity index (χ0) is 15.9. The van der Waals surface area contributed by atoms with Gasteiger partial charge in [-0.25, -0.2) is 4.98 Å². The van der Waals surface area contributed by atoms with Crippen LogP contribution < -0.4 is 0 Å². The highest BCUT2D eigenvalue weighted by atomic mass is 35.5. The molecule has 3 heterocycles. The molecule has 0 saturated carbocycles. The zero-order valence-corrected chi connectivity index (χ0v) is 14.2. The third-order valence-electron chi connectivity index (χ3n) is 3.49. The van der Waals surface area contributed by atoms with Crippen molar-refractivity contribution in [3.63, 3.8) is 0 Å². The molecule has 3 rings (SSSR count). The minimum absolute atomic E-state index is 0.0483. The smallest absolute Gasteiger partial charge is 0.228 e. The monoisotopic (exact) mass is 333 g/mol. The first-order chi connectivity index (χ1) is 10.5. The van der Waals surface area contributed by atoms with Crippen LogP contribution in [0.2, 0.25) is 4.34 Å². The highest BCUT2D eigenvalue weighted by Crippen LogP contribution is 2.33. The van der Waals surface area contributed by atoms with Crippen molar-refractivity contribution in [2.45, 2.75) is 13.3 Å². The summed E-state index contributed by atoms with van der Waals surface area (Å²) >= 11 is 7.53. The standard InChI is InChI=1S/C16H16ClN3OS/c1-10-4-7-14-18-16(12-5-6-13(17)22-12)11(20(14)9-10)8-15(21)19(2)3/h4-7,9H,8H2,1-3H3. The average molecular weight is 334 g/mol. The molecule has 4 nitrogen and oxygen atoms in total. The predicted octanol–water partition coefficient (Wildman–Crippen LogP) is 3.66. The number of carbonyl (C=O) groups is 1. The molecular formula is C16H16ClN3OS. The number of halogens is 1. The predicted molar refractivity (Wildman–Crippen MR) is 90.7 cm³/mol. The van der Waals surface area contributed by atoms with Gasteiger partial charge >= 0.3 is 0 Å². The molecule has 6 heteroatoms. The van der Waals surface area contributed by atoms with E-state index in [1.807, 2.05) is 41.8 Å². The topological polar surface area (TPSA) is 37.6 Å². The molecule has 0 fully saturated rings. The van der Waals surface area contributed by atoms with Crippen LogP contribution in [0, 0.1) is 6.92 Å². The van der Waals surface area contributed by atoms with Gasteiger partial charge in [0.2, 0.25) is 5.91 Å². The molecule has 22 heavy (non-hydrogen) atoms. The van der Waals surface area contributed by atoms with Gasteiger partial charge in [0.15, 0.2) is 0 Å². The Bertz CT molecular complexity index is 850. The van der Waals surface area contributed by atoms with Gasteiger partial charge in [-0.2, -0.15) is 0 Å². The normalized spacial score (nSPS) is 11.1. The van der Waals surface area contributed by atoms with Gasteiger partial charge in [-0.15, -0.1) is 11.3 Å². The van der Waals surface area contributed by atoms with Gasteiger partial charge < -0.3 is 9.30 Å². The summed E-state index contributed by atoms with van der Waals surface area (Å²) < 4.78 is 2.72. The van der Waals surface area contributed by atoms with Gasteiger partial charge in [0.05, 0.1) is 21.3 Å². The Morgan fingerprint density at radius 1 is 1.32 bits per heavy atom. The van der Waals surface area contributed by atoms with E-state index in [1.54, 1.807) is 19.0 Å². The van der Waals surface area contributed by atoms with E-state index in [9.17, 15) is 4.79 Å². The number of fused-ring (bicyclic) bond motifs is 1. The van der Waals surface area contributed by atoms with E-state index in [4.69, 9.17) is 16.6 Å². The molecule has 0 bridgehead atoms. The Morgan fingerprint density at radius 2 is 2.09 bits per heavy atom. The van der Waals surface area contributed by atoms with E-state index in [1.165, 1.54) is 11.3 Å². The highest BCUT2D eigenvalue weighted by molar-refractivity contribution is 7.19. The molecule has 114 valence electrons. The molecule has 0 aliphatic carbocycles. The van der Waals surface area contributed by atoms with Crippen molar-refractivity contribution >= 4 is 34.5 Å². The van der Waals surface area contributed by atoms with E-state index >= 15 is 0 Å². The van der Waals surface area contributed by atoms with Crippen molar-refractivity contribution in [2.24, 2.45) is 0 Å². The van der Waals surface area contributed by atoms with Crippen molar-refractivity contribution in [2.75, 3.05) is 14.1 Å². The Kier molecular flexibility index (Phi) is 3.93. The van der Waals surface area contributed by atoms with Gasteiger partial charge in [0.1, 0.15) is 11.3 Å². The quantitative estimate of drug-likeness (QED) is 0.733. The van der Waals surface area contributed by atoms with E-state index in [2.05, 4.69) is 0 Å². The van der Waals surface area contributed by atoms with Crippen LogP contribution in [0.1, 0.15) is 11.3 Å². The van der Waals surface area contributed by atoms with Gasteiger partial charge in [-0.3, -0.25) is 4.79 Å². The van der Waals surface area contributed by atoms with Crippen LogP contribution in [-0.2, 0) is 11.2 Å². The van der Waals surface area contributed by atoms with E-state index in [-0.39, 0.29) is 5.91 Å². The number of amides is 1. The van der Waals surface area contributed by atoms with Gasteiger partial charge in [0, 0.05) is 20.3 Å². The number of thiophene rings is 1. The maximum absolute atomic E-state index is 12.2. The largest absolute Gasteiger partial charge is 0.348 e. The lowest BCUT2D eigenvalue weighted by Crippen LogP contribution is -2.24. The van der Waals surface area contributed by atoms with Crippen LogP contribution in [0.3, 0.4) is 0 Å². The molecule has 0 saturated heterocycles. The lowest BCUT2D eigenvalue weighted by Gasteiger charge is -2.11. The molecule has 3 aromatic heterocycles. The Labute approximate surface area is 138 Å². The van der Waals surface area contributed by atoms with E-state index in [0.29, 0.717) is 10.8 Å². The molecule has 0 atom stereocenters. The summed E-state index contributed by atoms with van der Waals surface area (Å²) in [5, 5.41) is 0. The number of pyridine rings is 1. The fraction of sp³-hybridized carbons (Fsp3) is 0.250. The van der Waals surface area contributed by atoms with Crippen molar-refractivity contribution in [3.05, 3.63) is 46.1 Å². The lowest BCUT2D eigenvalue weighted by atomic mass is 10.2. The molecule has 1 amide bonds. The molecule has 0 aromatic carbocycles. The van der Waals surface area contributed by atoms with Crippen molar-refractivity contribution in [1.29, 1.82) is 0 Å². The first kappa shape index (κ1) is 15.1. The summed E-state index contributed by atoms with van der Waals surface area (Å²) in [5.74, 6) is 0.0483. The number of imidazole rings is 1. The summed E-state index contributed by atoms with van der Waals surface area (Å²) in [6.45, 7) is 2.03. The summed E-state index contributed by atoms with van der Waals surface area (Å²) in [5.41, 5.74) is 3.69. The summed E-state index contributed by atoms with van der Waals surface area (Å²) in [6.07, 6.45) is 2.32. The van der Waals surface area contributed by atoms with Crippen LogP contribution in [0.15, 0.2) is 30.5 Å². The third kappa shape index (κ3) is 2.74. The average Bonchev–Trinajstić information content (AvgIpc) is 3.03. The molecule has 0 spiro atoms. The fourth-order valence-electron chi connectivity index (χ4n) is 2.31. The maximum atomic E-state index is 12.2. The van der Waals surface area contributed by atoms with Crippen LogP contribution in [0.25, 0.3) is 16.2 Å². The van der Waals surface area contributed by atoms with Gasteiger partial charge in [0.25, 0.3) is 0 Å². The number of hydrogen-bond donors (Lipinski definition) is 0. The summed E-state index contributed by atoms with van der Waals surface area (Å²) in [4.78, 5) is 19.5. The molecule has 0 unspecified atom stereocenters. The van der Waals surface area contributed by atoms with Crippen LogP contribution in [0.5, 0.6) is 0 Å². The Hall–Kier alpha value is -1.85. The van der Waals surface area contributed by atoms with E-state index in [0.717, 1.165) is 27.5 Å². The number of hydrogen-bond acceptors (Lipinski definition) is 3. The summed E-state index contributed by atoms with van der Waals surface area (Å²) in [7, 11) is 3.52. The van der Waals surface area contributed by atoms with Crippen molar-refractivity contribution in [1.82, 2.24) is 14.3 Å². The SMILES string of the molecule is Cc1ccc2nc(-c3ccc(Cl)s3)c(CC(=O)N(C)C)n2c1. The minimum Gasteiger partial charge on any atom is -0.348 e. The number of aryl methyl sites for hydroxylation is 1. The molecular weight excluding hydrogens is 318 g/mol. The maximum Gasteiger partial charge on any atom is 0.228 e. The van der Waals surface area contributed by atoms with E-state index < -0.39 is 0 Å². The zero-order valence-electron chi connectivity index (χ0n) is 12.6. The molecule has 0 aliphatic rings. The molecule has 0 aliphatic heterocycles. The van der Waals surface area contributed by atoms with Crippen LogP contribution >= 0.6 is 22.9 Å². The second kappa shape index (κ2) is 5.74. The first-order valence-corrected chi connectivity index (χ1v) is 8.08. The Morgan fingerprint density at radius 3 is 2.73 bits per heavy atom. The number of aromatic nitrogens is 2. The highest BCUT2D eigenvalue weighted by Gasteiger charge is 2.19. The second-order valence-electron chi connectivity index (χ2n) is 5.41. The first-order valence-electron chi connectivity index (χ1n) is 6.89. The molecule has 3 aromatic rings. The molecule has 0 N–H and O–H groups in total. The second-order valence-corrected chi connectivity index (χ2v) is 7.13. The van der Waals surface area contributed by atoms with Crippen molar-refractivity contribution < 1.29 is 4.79 Å². The number of carbonyl (C=O) groups excluding carboxylic acids is 1. The number of likely N-dealkylation sites (N-methyl/N-ethyl adjacent to an activating group) is 1. The molecule has 0 radical (unpaired) electrons. The minimum atomic E-state index is 0.0483. The number of nitrogens with zero attached hydrogens (tertiary/aromatic N) is 3. The fourth-order valence-corrected chi connectivity index (χ4v) is 3.36. The third-order valence-corrected chi connectivity index (χ3v) is 4.73. The van der Waals surface area contributed by atoms with Crippen LogP contribution in [-0.4, -0.2) is 34.3 Å².